The molecule has 0 saturated heterocycles. The van der Waals surface area contributed by atoms with Gasteiger partial charge in [0.15, 0.2) is 6.10 Å². The summed E-state index contributed by atoms with van der Waals surface area (Å²) in [7, 11) is 0. The summed E-state index contributed by atoms with van der Waals surface area (Å²) in [4.78, 5) is 23.7. The lowest BCUT2D eigenvalue weighted by Crippen LogP contribution is -2.38. The fraction of sp³-hybridized carbons (Fsp3) is 0.391. The molecule has 1 aliphatic rings. The van der Waals surface area contributed by atoms with Crippen molar-refractivity contribution in [2.45, 2.75) is 45.6 Å². The van der Waals surface area contributed by atoms with E-state index in [1.807, 2.05) is 42.5 Å². The van der Waals surface area contributed by atoms with Crippen molar-refractivity contribution >= 4 is 17.5 Å². The van der Waals surface area contributed by atoms with E-state index >= 15 is 0 Å². The van der Waals surface area contributed by atoms with Gasteiger partial charge in [0.1, 0.15) is 18.1 Å². The highest BCUT2D eigenvalue weighted by molar-refractivity contribution is 5.94. The van der Waals surface area contributed by atoms with Crippen LogP contribution in [0.3, 0.4) is 0 Å². The van der Waals surface area contributed by atoms with Gasteiger partial charge in [-0.15, -0.1) is 0 Å². The third kappa shape index (κ3) is 5.73. The minimum absolute atomic E-state index is 0.0427. The summed E-state index contributed by atoms with van der Waals surface area (Å²) in [5.41, 5.74) is 3.08. The van der Waals surface area contributed by atoms with Crippen LogP contribution in [0.4, 0.5) is 5.69 Å². The van der Waals surface area contributed by atoms with Gasteiger partial charge in [0.2, 0.25) is 5.91 Å². The normalized spacial score (nSPS) is 14.0. The van der Waals surface area contributed by atoms with Gasteiger partial charge < -0.3 is 20.1 Å². The van der Waals surface area contributed by atoms with Crippen LogP contribution >= 0.6 is 0 Å². The SMILES string of the molecule is CC(Oc1cccc(C(C)C)c1)C(=O)NCCOc1ccc2c(c1)CCC(=O)N2. The summed E-state index contributed by atoms with van der Waals surface area (Å²) in [5.74, 6) is 1.68. The Hall–Kier alpha value is -3.02. The van der Waals surface area contributed by atoms with Crippen molar-refractivity contribution in [2.24, 2.45) is 0 Å². The Bertz CT molecular complexity index is 879. The van der Waals surface area contributed by atoms with Gasteiger partial charge in [0, 0.05) is 12.1 Å². The van der Waals surface area contributed by atoms with Gasteiger partial charge in [-0.2, -0.15) is 0 Å². The zero-order valence-corrected chi connectivity index (χ0v) is 17.2. The molecule has 154 valence electrons. The van der Waals surface area contributed by atoms with Gasteiger partial charge in [-0.05, 0) is 60.7 Å². The largest absolute Gasteiger partial charge is 0.492 e. The molecule has 1 aliphatic heterocycles. The van der Waals surface area contributed by atoms with Crippen molar-refractivity contribution in [2.75, 3.05) is 18.5 Å². The monoisotopic (exact) mass is 396 g/mol. The van der Waals surface area contributed by atoms with Crippen molar-refractivity contribution < 1.29 is 19.1 Å². The van der Waals surface area contributed by atoms with Crippen LogP contribution in [0.15, 0.2) is 42.5 Å². The van der Waals surface area contributed by atoms with Crippen molar-refractivity contribution in [1.82, 2.24) is 5.32 Å². The van der Waals surface area contributed by atoms with Crippen LogP contribution in [-0.4, -0.2) is 31.1 Å². The molecule has 0 aliphatic carbocycles. The van der Waals surface area contributed by atoms with Crippen LogP contribution in [0.25, 0.3) is 0 Å². The molecule has 29 heavy (non-hydrogen) atoms. The molecule has 2 N–H and O–H groups in total. The molecule has 1 atom stereocenters. The van der Waals surface area contributed by atoms with E-state index in [-0.39, 0.29) is 11.8 Å². The number of carbonyl (C=O) groups excluding carboxylic acids is 2. The predicted octanol–water partition coefficient (Wildman–Crippen LogP) is 3.66. The van der Waals surface area contributed by atoms with Crippen LogP contribution < -0.4 is 20.1 Å². The van der Waals surface area contributed by atoms with Crippen molar-refractivity contribution in [3.05, 3.63) is 53.6 Å². The van der Waals surface area contributed by atoms with Gasteiger partial charge in [-0.1, -0.05) is 26.0 Å². The molecular formula is C23H28N2O4. The van der Waals surface area contributed by atoms with E-state index in [4.69, 9.17) is 9.47 Å². The Labute approximate surface area is 171 Å². The Kier molecular flexibility index (Phi) is 6.75. The van der Waals surface area contributed by atoms with Crippen LogP contribution in [0.1, 0.15) is 44.2 Å². The predicted molar refractivity (Wildman–Crippen MR) is 113 cm³/mol. The Balaban J connectivity index is 1.43. The molecule has 1 unspecified atom stereocenters. The fourth-order valence-corrected chi connectivity index (χ4v) is 3.14. The van der Waals surface area contributed by atoms with Gasteiger partial charge in [0.05, 0.1) is 6.54 Å². The highest BCUT2D eigenvalue weighted by Crippen LogP contribution is 2.26. The van der Waals surface area contributed by atoms with Gasteiger partial charge in [-0.25, -0.2) is 0 Å². The lowest BCUT2D eigenvalue weighted by Gasteiger charge is -2.18. The third-order valence-corrected chi connectivity index (χ3v) is 4.85. The average Bonchev–Trinajstić information content (AvgIpc) is 2.71. The second-order valence-electron chi connectivity index (χ2n) is 7.49. The highest BCUT2D eigenvalue weighted by atomic mass is 16.5. The van der Waals surface area contributed by atoms with E-state index in [1.165, 1.54) is 5.56 Å². The molecule has 0 saturated carbocycles. The van der Waals surface area contributed by atoms with Gasteiger partial charge >= 0.3 is 0 Å². The Morgan fingerprint density at radius 3 is 2.72 bits per heavy atom. The molecular weight excluding hydrogens is 368 g/mol. The summed E-state index contributed by atoms with van der Waals surface area (Å²) in [6.45, 7) is 6.70. The minimum atomic E-state index is -0.593. The maximum absolute atomic E-state index is 12.3. The molecule has 1 heterocycles. The molecule has 0 aromatic heterocycles. The smallest absolute Gasteiger partial charge is 0.260 e. The third-order valence-electron chi connectivity index (χ3n) is 4.85. The minimum Gasteiger partial charge on any atom is -0.492 e. The number of hydrogen-bond donors (Lipinski definition) is 2. The fourth-order valence-electron chi connectivity index (χ4n) is 3.14. The van der Waals surface area contributed by atoms with Crippen LogP contribution in [0.2, 0.25) is 0 Å². The molecule has 0 bridgehead atoms. The summed E-state index contributed by atoms with van der Waals surface area (Å²) in [5, 5.41) is 5.68. The molecule has 6 heteroatoms. The van der Waals surface area contributed by atoms with E-state index in [1.54, 1.807) is 6.92 Å². The number of amides is 2. The van der Waals surface area contributed by atoms with E-state index in [2.05, 4.69) is 24.5 Å². The second-order valence-corrected chi connectivity index (χ2v) is 7.49. The molecule has 6 nitrogen and oxygen atoms in total. The second kappa shape index (κ2) is 9.45. The number of rotatable bonds is 8. The van der Waals surface area contributed by atoms with Crippen LogP contribution in [-0.2, 0) is 16.0 Å². The number of nitrogens with one attached hydrogen (secondary N) is 2. The van der Waals surface area contributed by atoms with Gasteiger partial charge in [-0.3, -0.25) is 9.59 Å². The first-order valence-electron chi connectivity index (χ1n) is 10.0. The topological polar surface area (TPSA) is 76.7 Å². The number of ether oxygens (including phenoxy) is 2. The lowest BCUT2D eigenvalue weighted by molar-refractivity contribution is -0.127. The number of fused-ring (bicyclic) bond motifs is 1. The first kappa shape index (κ1) is 20.7. The summed E-state index contributed by atoms with van der Waals surface area (Å²) in [6.07, 6.45) is 0.608. The maximum atomic E-state index is 12.3. The number of aryl methyl sites for hydroxylation is 1. The molecule has 2 aromatic rings. The van der Waals surface area contributed by atoms with E-state index in [0.717, 1.165) is 17.0 Å². The van der Waals surface area contributed by atoms with E-state index in [9.17, 15) is 9.59 Å². The van der Waals surface area contributed by atoms with Crippen LogP contribution in [0.5, 0.6) is 11.5 Å². The number of hydrogen-bond acceptors (Lipinski definition) is 4. The van der Waals surface area contributed by atoms with Crippen molar-refractivity contribution in [3.63, 3.8) is 0 Å². The standard InChI is InChI=1S/C23H28N2O4/c1-15(2)17-5-4-6-20(13-17)29-16(3)23(27)24-11-12-28-19-8-9-21-18(14-19)7-10-22(26)25-21/h4-6,8-9,13-16H,7,10-12H2,1-3H3,(H,24,27)(H,25,26). The molecule has 2 aromatic carbocycles. The number of carbonyl (C=O) groups is 2. The van der Waals surface area contributed by atoms with Crippen molar-refractivity contribution in [3.8, 4) is 11.5 Å². The molecule has 0 radical (unpaired) electrons. The molecule has 0 fully saturated rings. The average molecular weight is 396 g/mol. The quantitative estimate of drug-likeness (QED) is 0.668. The first-order valence-corrected chi connectivity index (χ1v) is 10.0. The highest BCUT2D eigenvalue weighted by Gasteiger charge is 2.16. The summed E-state index contributed by atoms with van der Waals surface area (Å²) in [6, 6.07) is 13.4. The summed E-state index contributed by atoms with van der Waals surface area (Å²) < 4.78 is 11.5. The Morgan fingerprint density at radius 1 is 1.10 bits per heavy atom. The zero-order valence-electron chi connectivity index (χ0n) is 17.2. The van der Waals surface area contributed by atoms with E-state index in [0.29, 0.717) is 37.7 Å². The molecule has 2 amide bonds. The number of anilines is 1. The van der Waals surface area contributed by atoms with Gasteiger partial charge in [0.25, 0.3) is 5.91 Å². The zero-order chi connectivity index (χ0) is 20.8. The van der Waals surface area contributed by atoms with Crippen molar-refractivity contribution in [1.29, 1.82) is 0 Å². The lowest BCUT2D eigenvalue weighted by atomic mass is 10.0. The van der Waals surface area contributed by atoms with Crippen LogP contribution in [0, 0.1) is 0 Å². The number of benzene rings is 2. The first-order chi connectivity index (χ1) is 13.9. The summed E-state index contributed by atoms with van der Waals surface area (Å²) >= 11 is 0. The molecule has 0 spiro atoms. The Morgan fingerprint density at radius 2 is 1.93 bits per heavy atom. The van der Waals surface area contributed by atoms with E-state index < -0.39 is 6.10 Å². The maximum Gasteiger partial charge on any atom is 0.260 e. The molecule has 3 rings (SSSR count).